The van der Waals surface area contributed by atoms with Crippen molar-refractivity contribution in [2.24, 2.45) is 0 Å². The van der Waals surface area contributed by atoms with E-state index < -0.39 is 0 Å². The van der Waals surface area contributed by atoms with Crippen molar-refractivity contribution in [1.82, 2.24) is 10.2 Å². The molecule has 1 N–H and O–H groups in total. The Morgan fingerprint density at radius 3 is 2.29 bits per heavy atom. The smallest absolute Gasteiger partial charge is 0.252 e. The van der Waals surface area contributed by atoms with Crippen LogP contribution in [0.15, 0.2) is 48.5 Å². The molecule has 28 heavy (non-hydrogen) atoms. The molecule has 150 valence electrons. The highest BCUT2D eigenvalue weighted by Gasteiger charge is 2.24. The Bertz CT molecular complexity index is 789. The first-order valence-corrected chi connectivity index (χ1v) is 10.6. The van der Waals surface area contributed by atoms with Crippen LogP contribution in [0.3, 0.4) is 0 Å². The molecule has 1 amide bonds. The van der Waals surface area contributed by atoms with Gasteiger partial charge in [-0.3, -0.25) is 9.69 Å². The number of nitrogens with one attached hydrogen (secondary N) is 1. The lowest BCUT2D eigenvalue weighted by Crippen LogP contribution is -2.40. The number of nitrogens with zero attached hydrogens (tertiary/aromatic N) is 1. The predicted octanol–water partition coefficient (Wildman–Crippen LogP) is 5.59. The maximum atomic E-state index is 12.7. The lowest BCUT2D eigenvalue weighted by atomic mass is 9.86. The normalized spacial score (nSPS) is 16.6. The van der Waals surface area contributed by atoms with Crippen LogP contribution in [-0.4, -0.2) is 30.4 Å². The lowest BCUT2D eigenvalue weighted by molar-refractivity contribution is 0.0924. The van der Waals surface area contributed by atoms with Crippen LogP contribution in [0.2, 0.25) is 5.02 Å². The molecule has 1 saturated heterocycles. The molecule has 3 rings (SSSR count). The van der Waals surface area contributed by atoms with Crippen molar-refractivity contribution >= 4 is 17.5 Å². The van der Waals surface area contributed by atoms with Crippen LogP contribution in [0.25, 0.3) is 0 Å². The molecule has 1 unspecified atom stereocenters. The SMILES string of the molecule is CC(C)(C)c1ccc(C(CNC(=O)c2ccccc2Cl)N2CCCCC2)cc1. The predicted molar refractivity (Wildman–Crippen MR) is 117 cm³/mol. The van der Waals surface area contributed by atoms with Gasteiger partial charge in [-0.05, 0) is 54.6 Å². The number of benzene rings is 2. The van der Waals surface area contributed by atoms with E-state index in [0.717, 1.165) is 13.1 Å². The molecule has 1 atom stereocenters. The summed E-state index contributed by atoms with van der Waals surface area (Å²) in [5.41, 5.74) is 3.25. The number of carbonyl (C=O) groups excluding carboxylic acids is 1. The van der Waals surface area contributed by atoms with Gasteiger partial charge in [0.1, 0.15) is 0 Å². The van der Waals surface area contributed by atoms with Crippen LogP contribution < -0.4 is 5.32 Å². The molecule has 0 spiro atoms. The summed E-state index contributed by atoms with van der Waals surface area (Å²) in [5.74, 6) is -0.112. The third-order valence-electron chi connectivity index (χ3n) is 5.57. The molecule has 2 aromatic rings. The Kier molecular flexibility index (Phi) is 6.79. The van der Waals surface area contributed by atoms with Gasteiger partial charge in [0.25, 0.3) is 5.91 Å². The first kappa shape index (κ1) is 20.9. The average molecular weight is 399 g/mol. The summed E-state index contributed by atoms with van der Waals surface area (Å²) in [5, 5.41) is 3.61. The molecule has 0 bridgehead atoms. The summed E-state index contributed by atoms with van der Waals surface area (Å²) in [4.78, 5) is 15.2. The maximum absolute atomic E-state index is 12.7. The molecule has 1 aliphatic rings. The van der Waals surface area contributed by atoms with E-state index in [9.17, 15) is 4.79 Å². The number of halogens is 1. The molecule has 1 heterocycles. The zero-order valence-corrected chi connectivity index (χ0v) is 17.9. The van der Waals surface area contributed by atoms with Gasteiger partial charge >= 0.3 is 0 Å². The minimum absolute atomic E-state index is 0.112. The van der Waals surface area contributed by atoms with Crippen molar-refractivity contribution in [3.05, 3.63) is 70.2 Å². The second-order valence-electron chi connectivity index (χ2n) is 8.67. The second-order valence-corrected chi connectivity index (χ2v) is 9.08. The number of rotatable bonds is 5. The van der Waals surface area contributed by atoms with Gasteiger partial charge in [-0.15, -0.1) is 0 Å². The van der Waals surface area contributed by atoms with Gasteiger partial charge < -0.3 is 5.32 Å². The molecular weight excluding hydrogens is 368 g/mol. The third-order valence-corrected chi connectivity index (χ3v) is 5.90. The van der Waals surface area contributed by atoms with Gasteiger partial charge in [0, 0.05) is 6.54 Å². The van der Waals surface area contributed by atoms with E-state index >= 15 is 0 Å². The van der Waals surface area contributed by atoms with Crippen molar-refractivity contribution < 1.29 is 4.79 Å². The number of carbonyl (C=O) groups is 1. The second kappa shape index (κ2) is 9.11. The Labute approximate surface area is 174 Å². The molecule has 0 aromatic heterocycles. The molecule has 3 nitrogen and oxygen atoms in total. The van der Waals surface area contributed by atoms with Crippen molar-refractivity contribution in [2.45, 2.75) is 51.5 Å². The van der Waals surface area contributed by atoms with E-state index in [2.05, 4.69) is 55.3 Å². The van der Waals surface area contributed by atoms with E-state index in [4.69, 9.17) is 11.6 Å². The Morgan fingerprint density at radius 2 is 1.68 bits per heavy atom. The first-order chi connectivity index (χ1) is 13.4. The van der Waals surface area contributed by atoms with Crippen LogP contribution in [0.1, 0.15) is 67.6 Å². The maximum Gasteiger partial charge on any atom is 0.252 e. The van der Waals surface area contributed by atoms with Gasteiger partial charge in [0.15, 0.2) is 0 Å². The summed E-state index contributed by atoms with van der Waals surface area (Å²) in [7, 11) is 0. The molecule has 0 aliphatic carbocycles. The Morgan fingerprint density at radius 1 is 1.04 bits per heavy atom. The average Bonchev–Trinajstić information content (AvgIpc) is 2.69. The molecular formula is C24H31ClN2O. The number of likely N-dealkylation sites (tertiary alicyclic amines) is 1. The van der Waals surface area contributed by atoms with E-state index in [1.165, 1.54) is 30.4 Å². The van der Waals surface area contributed by atoms with E-state index in [-0.39, 0.29) is 17.4 Å². The summed E-state index contributed by atoms with van der Waals surface area (Å²) in [6.45, 7) is 9.43. The fourth-order valence-electron chi connectivity index (χ4n) is 3.82. The third kappa shape index (κ3) is 5.15. The van der Waals surface area contributed by atoms with Gasteiger partial charge in [-0.2, -0.15) is 0 Å². The van der Waals surface area contributed by atoms with Gasteiger partial charge in [-0.1, -0.05) is 75.2 Å². The number of hydrogen-bond acceptors (Lipinski definition) is 2. The minimum atomic E-state index is -0.112. The van der Waals surface area contributed by atoms with E-state index in [0.29, 0.717) is 17.1 Å². The first-order valence-electron chi connectivity index (χ1n) is 10.2. The Hall–Kier alpha value is -1.84. The zero-order valence-electron chi connectivity index (χ0n) is 17.2. The monoisotopic (exact) mass is 398 g/mol. The number of piperidine rings is 1. The van der Waals surface area contributed by atoms with Gasteiger partial charge in [0.05, 0.1) is 16.6 Å². The van der Waals surface area contributed by atoms with E-state index in [1.807, 2.05) is 12.1 Å². The Balaban J connectivity index is 1.77. The topological polar surface area (TPSA) is 32.3 Å². The molecule has 1 aliphatic heterocycles. The fraction of sp³-hybridized carbons (Fsp3) is 0.458. The minimum Gasteiger partial charge on any atom is -0.350 e. The summed E-state index contributed by atoms with van der Waals surface area (Å²) >= 11 is 6.19. The van der Waals surface area contributed by atoms with Crippen LogP contribution in [0.4, 0.5) is 0 Å². The van der Waals surface area contributed by atoms with Crippen molar-refractivity contribution in [2.75, 3.05) is 19.6 Å². The highest BCUT2D eigenvalue weighted by atomic mass is 35.5. The molecule has 0 radical (unpaired) electrons. The summed E-state index contributed by atoms with van der Waals surface area (Å²) in [6.07, 6.45) is 3.72. The van der Waals surface area contributed by atoms with Crippen LogP contribution in [0.5, 0.6) is 0 Å². The highest BCUT2D eigenvalue weighted by Crippen LogP contribution is 2.28. The number of amides is 1. The zero-order chi connectivity index (χ0) is 20.1. The van der Waals surface area contributed by atoms with Crippen molar-refractivity contribution in [3.8, 4) is 0 Å². The highest BCUT2D eigenvalue weighted by molar-refractivity contribution is 6.33. The molecule has 1 fully saturated rings. The van der Waals surface area contributed by atoms with Crippen LogP contribution in [0, 0.1) is 0 Å². The van der Waals surface area contributed by atoms with Gasteiger partial charge in [-0.25, -0.2) is 0 Å². The van der Waals surface area contributed by atoms with E-state index in [1.54, 1.807) is 12.1 Å². The largest absolute Gasteiger partial charge is 0.350 e. The summed E-state index contributed by atoms with van der Waals surface area (Å²) < 4.78 is 0. The van der Waals surface area contributed by atoms with Crippen molar-refractivity contribution in [3.63, 3.8) is 0 Å². The lowest BCUT2D eigenvalue weighted by Gasteiger charge is -2.35. The number of hydrogen-bond donors (Lipinski definition) is 1. The summed E-state index contributed by atoms with van der Waals surface area (Å²) in [6, 6.07) is 16.3. The van der Waals surface area contributed by atoms with Crippen LogP contribution >= 0.6 is 11.6 Å². The molecule has 0 saturated carbocycles. The molecule has 4 heteroatoms. The van der Waals surface area contributed by atoms with Crippen LogP contribution in [-0.2, 0) is 5.41 Å². The fourth-order valence-corrected chi connectivity index (χ4v) is 4.04. The quantitative estimate of drug-likeness (QED) is 0.711. The van der Waals surface area contributed by atoms with Gasteiger partial charge in [0.2, 0.25) is 0 Å². The molecule has 2 aromatic carbocycles. The van der Waals surface area contributed by atoms with Crippen molar-refractivity contribution in [1.29, 1.82) is 0 Å². The standard InChI is InChI=1S/C24H31ClN2O/c1-24(2,3)19-13-11-18(12-14-19)22(27-15-7-4-8-16-27)17-26-23(28)20-9-5-6-10-21(20)25/h5-6,9-14,22H,4,7-8,15-17H2,1-3H3,(H,26,28).